The summed E-state index contributed by atoms with van der Waals surface area (Å²) in [6, 6.07) is 8.09. The summed E-state index contributed by atoms with van der Waals surface area (Å²) in [5.74, 6) is 0.101. The number of ether oxygens (including phenoxy) is 1. The SMILES string of the molecule is Cc1nc2ccccc2c(C)c1C(=O)OCC(=O)N1CCC[C@H]2CCCC[C@@H]21. The number of benzene rings is 1. The third-order valence-electron chi connectivity index (χ3n) is 6.43. The Morgan fingerprint density at radius 2 is 1.86 bits per heavy atom. The molecule has 1 aliphatic carbocycles. The van der Waals surface area contributed by atoms with E-state index in [2.05, 4.69) is 4.98 Å². The van der Waals surface area contributed by atoms with Gasteiger partial charge in [0.1, 0.15) is 0 Å². The van der Waals surface area contributed by atoms with Gasteiger partial charge < -0.3 is 9.64 Å². The fourth-order valence-electron chi connectivity index (χ4n) is 5.05. The van der Waals surface area contributed by atoms with Gasteiger partial charge in [0.05, 0.1) is 16.8 Å². The monoisotopic (exact) mass is 380 g/mol. The zero-order valence-electron chi connectivity index (χ0n) is 16.7. The second-order valence-corrected chi connectivity index (χ2v) is 8.13. The van der Waals surface area contributed by atoms with E-state index >= 15 is 0 Å². The summed E-state index contributed by atoms with van der Waals surface area (Å²) in [6.07, 6.45) is 7.02. The number of amides is 1. The molecule has 4 rings (SSSR count). The Morgan fingerprint density at radius 3 is 2.71 bits per heavy atom. The van der Waals surface area contributed by atoms with E-state index in [0.717, 1.165) is 35.9 Å². The number of nitrogens with zero attached hydrogens (tertiary/aromatic N) is 2. The number of esters is 1. The maximum Gasteiger partial charge on any atom is 0.340 e. The van der Waals surface area contributed by atoms with E-state index in [9.17, 15) is 9.59 Å². The number of para-hydroxylation sites is 1. The topological polar surface area (TPSA) is 59.5 Å². The van der Waals surface area contributed by atoms with Gasteiger partial charge in [0.2, 0.25) is 0 Å². The number of carbonyl (C=O) groups is 2. The quantitative estimate of drug-likeness (QED) is 0.749. The van der Waals surface area contributed by atoms with Crippen LogP contribution in [0.15, 0.2) is 24.3 Å². The second-order valence-electron chi connectivity index (χ2n) is 8.13. The van der Waals surface area contributed by atoms with Crippen LogP contribution in [0, 0.1) is 19.8 Å². The molecule has 5 heteroatoms. The van der Waals surface area contributed by atoms with Crippen molar-refractivity contribution in [3.05, 3.63) is 41.1 Å². The van der Waals surface area contributed by atoms with Crippen molar-refractivity contribution < 1.29 is 14.3 Å². The van der Waals surface area contributed by atoms with Gasteiger partial charge in [-0.25, -0.2) is 4.79 Å². The standard InChI is InChI=1S/C23H28N2O3/c1-15-18-10-4-5-11-19(18)24-16(2)22(15)23(27)28-14-21(26)25-13-7-9-17-8-3-6-12-20(17)25/h4-5,10-11,17,20H,3,6-9,12-14H2,1-2H3/t17-,20+/m1/s1. The number of carbonyl (C=O) groups excluding carboxylic acids is 2. The van der Waals surface area contributed by atoms with Crippen molar-refractivity contribution in [1.29, 1.82) is 0 Å². The molecule has 28 heavy (non-hydrogen) atoms. The zero-order valence-corrected chi connectivity index (χ0v) is 16.7. The Balaban J connectivity index is 1.47. The highest BCUT2D eigenvalue weighted by Crippen LogP contribution is 2.35. The summed E-state index contributed by atoms with van der Waals surface area (Å²) in [4.78, 5) is 32.1. The average Bonchev–Trinajstić information content (AvgIpc) is 2.71. The lowest BCUT2D eigenvalue weighted by atomic mass is 9.78. The molecule has 0 unspecified atom stereocenters. The number of pyridine rings is 1. The first-order chi connectivity index (χ1) is 13.6. The van der Waals surface area contributed by atoms with Crippen LogP contribution >= 0.6 is 0 Å². The van der Waals surface area contributed by atoms with Crippen molar-refractivity contribution in [1.82, 2.24) is 9.88 Å². The summed E-state index contributed by atoms with van der Waals surface area (Å²) in [6.45, 7) is 4.32. The molecule has 1 saturated heterocycles. The molecule has 1 aromatic heterocycles. The van der Waals surface area contributed by atoms with Gasteiger partial charge in [0, 0.05) is 18.0 Å². The highest BCUT2D eigenvalue weighted by atomic mass is 16.5. The molecule has 1 aliphatic heterocycles. The van der Waals surface area contributed by atoms with E-state index in [4.69, 9.17) is 4.74 Å². The minimum Gasteiger partial charge on any atom is -0.452 e. The molecule has 5 nitrogen and oxygen atoms in total. The first-order valence-electron chi connectivity index (χ1n) is 10.4. The third kappa shape index (κ3) is 3.50. The normalized spacial score (nSPS) is 22.0. The molecule has 0 bridgehead atoms. The molecule has 1 saturated carbocycles. The van der Waals surface area contributed by atoms with Gasteiger partial charge in [0.25, 0.3) is 5.91 Å². The van der Waals surface area contributed by atoms with Crippen LogP contribution in [0.1, 0.15) is 60.1 Å². The lowest BCUT2D eigenvalue weighted by Crippen LogP contribution is -2.50. The molecular weight excluding hydrogens is 352 g/mol. The van der Waals surface area contributed by atoms with E-state index in [0.29, 0.717) is 23.2 Å². The largest absolute Gasteiger partial charge is 0.452 e. The minimum atomic E-state index is -0.459. The third-order valence-corrected chi connectivity index (χ3v) is 6.43. The zero-order chi connectivity index (χ0) is 19.7. The van der Waals surface area contributed by atoms with Crippen LogP contribution in [0.25, 0.3) is 10.9 Å². The van der Waals surface area contributed by atoms with Crippen LogP contribution in [-0.4, -0.2) is 41.0 Å². The summed E-state index contributed by atoms with van der Waals surface area (Å²) < 4.78 is 5.46. The first-order valence-corrected chi connectivity index (χ1v) is 10.4. The van der Waals surface area contributed by atoms with E-state index in [1.807, 2.05) is 43.0 Å². The van der Waals surface area contributed by atoms with Crippen LogP contribution in [0.3, 0.4) is 0 Å². The van der Waals surface area contributed by atoms with Crippen LogP contribution in [0.2, 0.25) is 0 Å². The predicted octanol–water partition coefficient (Wildman–Crippen LogP) is 4.19. The maximum absolute atomic E-state index is 12.8. The fourth-order valence-corrected chi connectivity index (χ4v) is 5.05. The van der Waals surface area contributed by atoms with Crippen LogP contribution in [0.4, 0.5) is 0 Å². The number of piperidine rings is 1. The molecule has 2 aliphatic rings. The molecule has 148 valence electrons. The van der Waals surface area contributed by atoms with Crippen molar-refractivity contribution in [2.45, 2.75) is 58.4 Å². The molecule has 2 atom stereocenters. The number of hydrogen-bond acceptors (Lipinski definition) is 4. The van der Waals surface area contributed by atoms with Gasteiger partial charge >= 0.3 is 5.97 Å². The predicted molar refractivity (Wildman–Crippen MR) is 108 cm³/mol. The van der Waals surface area contributed by atoms with Crippen LogP contribution in [-0.2, 0) is 9.53 Å². The summed E-state index contributed by atoms with van der Waals surface area (Å²) in [7, 11) is 0. The summed E-state index contributed by atoms with van der Waals surface area (Å²) in [5.41, 5.74) is 2.83. The van der Waals surface area contributed by atoms with Crippen molar-refractivity contribution in [2.24, 2.45) is 5.92 Å². The van der Waals surface area contributed by atoms with E-state index in [-0.39, 0.29) is 12.5 Å². The Labute approximate surface area is 166 Å². The lowest BCUT2D eigenvalue weighted by Gasteiger charge is -2.44. The molecular formula is C23H28N2O3. The first kappa shape index (κ1) is 18.9. The van der Waals surface area contributed by atoms with Gasteiger partial charge in [-0.05, 0) is 57.1 Å². The van der Waals surface area contributed by atoms with Gasteiger partial charge in [-0.15, -0.1) is 0 Å². The van der Waals surface area contributed by atoms with Crippen LogP contribution < -0.4 is 0 Å². The summed E-state index contributed by atoms with van der Waals surface area (Å²) in [5, 5.41) is 0.937. The van der Waals surface area contributed by atoms with Crippen molar-refractivity contribution in [2.75, 3.05) is 13.2 Å². The summed E-state index contributed by atoms with van der Waals surface area (Å²) >= 11 is 0. The Kier molecular flexibility index (Phi) is 5.33. The molecule has 2 heterocycles. The lowest BCUT2D eigenvalue weighted by molar-refractivity contribution is -0.140. The fraction of sp³-hybridized carbons (Fsp3) is 0.522. The van der Waals surface area contributed by atoms with Gasteiger partial charge in [0.15, 0.2) is 6.61 Å². The number of rotatable bonds is 3. The van der Waals surface area contributed by atoms with Crippen LogP contribution in [0.5, 0.6) is 0 Å². The van der Waals surface area contributed by atoms with E-state index < -0.39 is 5.97 Å². The molecule has 0 N–H and O–H groups in total. The molecule has 2 fully saturated rings. The molecule has 2 aromatic rings. The van der Waals surface area contributed by atoms with E-state index in [1.54, 1.807) is 0 Å². The number of aromatic nitrogens is 1. The Hall–Kier alpha value is -2.43. The average molecular weight is 380 g/mol. The molecule has 1 amide bonds. The van der Waals surface area contributed by atoms with Crippen molar-refractivity contribution in [3.8, 4) is 0 Å². The van der Waals surface area contributed by atoms with Crippen molar-refractivity contribution in [3.63, 3.8) is 0 Å². The Morgan fingerprint density at radius 1 is 1.11 bits per heavy atom. The number of likely N-dealkylation sites (tertiary alicyclic amines) is 1. The number of aryl methyl sites for hydroxylation is 2. The molecule has 0 spiro atoms. The minimum absolute atomic E-state index is 0.0611. The second kappa shape index (κ2) is 7.90. The van der Waals surface area contributed by atoms with Crippen molar-refractivity contribution >= 4 is 22.8 Å². The van der Waals surface area contributed by atoms with Gasteiger partial charge in [-0.3, -0.25) is 9.78 Å². The van der Waals surface area contributed by atoms with Gasteiger partial charge in [-0.1, -0.05) is 31.0 Å². The van der Waals surface area contributed by atoms with E-state index in [1.165, 1.54) is 25.7 Å². The Bertz CT molecular complexity index is 906. The number of fused-ring (bicyclic) bond motifs is 2. The number of hydrogen-bond donors (Lipinski definition) is 0. The molecule has 0 radical (unpaired) electrons. The smallest absolute Gasteiger partial charge is 0.340 e. The highest BCUT2D eigenvalue weighted by molar-refractivity contribution is 5.99. The van der Waals surface area contributed by atoms with Gasteiger partial charge in [-0.2, -0.15) is 0 Å². The highest BCUT2D eigenvalue weighted by Gasteiger charge is 2.36. The molecule has 1 aromatic carbocycles. The maximum atomic E-state index is 12.8.